The molecule has 212 valence electrons. The number of Topliss-reactive ketones (excluding diaryl/α,β-unsaturated/α-hetero) is 1. The summed E-state index contributed by atoms with van der Waals surface area (Å²) in [5, 5.41) is 18.2. The summed E-state index contributed by atoms with van der Waals surface area (Å²) in [5.41, 5.74) is 0.559. The van der Waals surface area contributed by atoms with Crippen molar-refractivity contribution in [2.24, 2.45) is 11.8 Å². The first-order chi connectivity index (χ1) is 18.4. The third-order valence-electron chi connectivity index (χ3n) is 6.54. The number of nitrogens with zero attached hydrogens (tertiary/aromatic N) is 1. The number of hydrogen-bond donors (Lipinski definition) is 4. The number of carboxylic acids is 1. The molecule has 1 aromatic carbocycles. The molecule has 0 saturated carbocycles. The van der Waals surface area contributed by atoms with Gasteiger partial charge in [-0.25, -0.2) is 9.59 Å². The highest BCUT2D eigenvalue weighted by Gasteiger charge is 2.33. The van der Waals surface area contributed by atoms with E-state index < -0.39 is 41.9 Å². The number of rotatable bonds is 10. The van der Waals surface area contributed by atoms with Crippen LogP contribution < -0.4 is 16.0 Å². The van der Waals surface area contributed by atoms with E-state index in [0.29, 0.717) is 24.8 Å². The van der Waals surface area contributed by atoms with Gasteiger partial charge in [0.25, 0.3) is 5.91 Å². The number of benzene rings is 1. The SMILES string of the molecule is CC(C)C[C@H](NC(=O)c1cc2ccccc2o1)C(=O)NC1CCCN(C(=O)N[C@H](CC(C)C)C(=O)O)CC1=O. The molecule has 1 fully saturated rings. The second-order valence-electron chi connectivity index (χ2n) is 10.9. The molecule has 3 rings (SSSR count). The van der Waals surface area contributed by atoms with Crippen LogP contribution in [0.15, 0.2) is 34.7 Å². The number of urea groups is 1. The molecule has 1 aromatic heterocycles. The standard InChI is InChI=1S/C28H38N4O7/c1-16(2)12-20(30-26(35)24-14-18-8-5-6-10-23(18)39-24)25(34)29-19-9-7-11-32(15-22(19)33)28(38)31-21(27(36)37)13-17(3)4/h5-6,8,10,14,16-17,19-21H,7,9,11-13,15H2,1-4H3,(H,29,34)(H,30,35)(H,31,38)(H,36,37)/t19?,20-,21+/m0/s1. The highest BCUT2D eigenvalue weighted by Crippen LogP contribution is 2.19. The first-order valence-corrected chi connectivity index (χ1v) is 13.3. The summed E-state index contributed by atoms with van der Waals surface area (Å²) >= 11 is 0. The van der Waals surface area contributed by atoms with Crippen LogP contribution in [-0.2, 0) is 14.4 Å². The van der Waals surface area contributed by atoms with Crippen molar-refractivity contribution >= 4 is 40.6 Å². The van der Waals surface area contributed by atoms with Crippen LogP contribution in [-0.4, -0.2) is 70.8 Å². The summed E-state index contributed by atoms with van der Waals surface area (Å²) in [6.45, 7) is 7.54. The number of nitrogens with one attached hydrogen (secondary N) is 3. The van der Waals surface area contributed by atoms with Crippen molar-refractivity contribution in [3.63, 3.8) is 0 Å². The number of amides is 4. The molecule has 39 heavy (non-hydrogen) atoms. The average molecular weight is 543 g/mol. The Morgan fingerprint density at radius 2 is 1.69 bits per heavy atom. The molecule has 4 amide bonds. The van der Waals surface area contributed by atoms with Crippen molar-refractivity contribution in [3.05, 3.63) is 36.1 Å². The molecule has 0 radical (unpaired) electrons. The smallest absolute Gasteiger partial charge is 0.326 e. The fourth-order valence-corrected chi connectivity index (χ4v) is 4.58. The topological polar surface area (TPSA) is 158 Å². The van der Waals surface area contributed by atoms with Gasteiger partial charge >= 0.3 is 12.0 Å². The van der Waals surface area contributed by atoms with E-state index in [9.17, 15) is 29.1 Å². The maximum absolute atomic E-state index is 13.2. The summed E-state index contributed by atoms with van der Waals surface area (Å²) in [6, 6.07) is 5.40. The largest absolute Gasteiger partial charge is 0.480 e. The number of para-hydroxylation sites is 1. The van der Waals surface area contributed by atoms with Crippen LogP contribution in [0.1, 0.15) is 63.9 Å². The highest BCUT2D eigenvalue weighted by atomic mass is 16.4. The molecule has 3 atom stereocenters. The Kier molecular flexibility index (Phi) is 10.1. The molecule has 1 saturated heterocycles. The molecule has 2 heterocycles. The van der Waals surface area contributed by atoms with Gasteiger partial charge in [0.1, 0.15) is 17.7 Å². The van der Waals surface area contributed by atoms with Gasteiger partial charge in [-0.3, -0.25) is 14.4 Å². The fraction of sp³-hybridized carbons (Fsp3) is 0.536. The number of ketones is 1. The quantitative estimate of drug-likeness (QED) is 0.359. The van der Waals surface area contributed by atoms with Gasteiger partial charge in [0.2, 0.25) is 5.91 Å². The van der Waals surface area contributed by atoms with Crippen molar-refractivity contribution in [1.29, 1.82) is 0 Å². The number of carboxylic acid groups (broad SMARTS) is 1. The van der Waals surface area contributed by atoms with Crippen LogP contribution in [0.4, 0.5) is 4.79 Å². The highest BCUT2D eigenvalue weighted by molar-refractivity contribution is 6.00. The molecule has 11 nitrogen and oxygen atoms in total. The van der Waals surface area contributed by atoms with E-state index in [-0.39, 0.29) is 42.9 Å². The van der Waals surface area contributed by atoms with E-state index in [0.717, 1.165) is 5.39 Å². The molecule has 1 aliphatic heterocycles. The Bertz CT molecular complexity index is 1170. The van der Waals surface area contributed by atoms with E-state index in [4.69, 9.17) is 4.42 Å². The molecule has 2 aromatic rings. The molecule has 1 aliphatic rings. The van der Waals surface area contributed by atoms with Crippen LogP contribution in [0.3, 0.4) is 0 Å². The fourth-order valence-electron chi connectivity index (χ4n) is 4.58. The van der Waals surface area contributed by atoms with Gasteiger partial charge in [0, 0.05) is 11.9 Å². The van der Waals surface area contributed by atoms with Crippen LogP contribution in [0.5, 0.6) is 0 Å². The van der Waals surface area contributed by atoms with Crippen molar-refractivity contribution < 1.29 is 33.5 Å². The van der Waals surface area contributed by atoms with Crippen LogP contribution in [0.25, 0.3) is 11.0 Å². The molecule has 0 aliphatic carbocycles. The minimum Gasteiger partial charge on any atom is -0.480 e. The zero-order valence-electron chi connectivity index (χ0n) is 22.9. The first-order valence-electron chi connectivity index (χ1n) is 13.3. The van der Waals surface area contributed by atoms with Gasteiger partial charge in [-0.15, -0.1) is 0 Å². The van der Waals surface area contributed by atoms with Crippen LogP contribution in [0.2, 0.25) is 0 Å². The van der Waals surface area contributed by atoms with Gasteiger partial charge in [-0.1, -0.05) is 45.9 Å². The number of carbonyl (C=O) groups is 5. The van der Waals surface area contributed by atoms with Gasteiger partial charge in [0.15, 0.2) is 11.5 Å². The number of carbonyl (C=O) groups excluding carboxylic acids is 4. The molecular weight excluding hydrogens is 504 g/mol. The molecule has 0 spiro atoms. The molecule has 4 N–H and O–H groups in total. The van der Waals surface area contributed by atoms with Crippen LogP contribution in [0, 0.1) is 11.8 Å². The number of hydrogen-bond acceptors (Lipinski definition) is 6. The summed E-state index contributed by atoms with van der Waals surface area (Å²) in [4.78, 5) is 64.6. The number of likely N-dealkylation sites (tertiary alicyclic amines) is 1. The van der Waals surface area contributed by atoms with Crippen molar-refractivity contribution in [2.45, 2.75) is 71.5 Å². The summed E-state index contributed by atoms with van der Waals surface area (Å²) in [5.74, 6) is -2.30. The predicted octanol–water partition coefficient (Wildman–Crippen LogP) is 2.94. The van der Waals surface area contributed by atoms with Gasteiger partial charge in [-0.05, 0) is 49.7 Å². The second kappa shape index (κ2) is 13.3. The van der Waals surface area contributed by atoms with E-state index in [1.165, 1.54) is 4.90 Å². The van der Waals surface area contributed by atoms with Gasteiger partial charge in [0.05, 0.1) is 12.6 Å². The van der Waals surface area contributed by atoms with Crippen molar-refractivity contribution in [3.8, 4) is 0 Å². The lowest BCUT2D eigenvalue weighted by atomic mass is 10.0. The Morgan fingerprint density at radius 3 is 2.33 bits per heavy atom. The third kappa shape index (κ3) is 8.30. The Labute approximate surface area is 227 Å². The summed E-state index contributed by atoms with van der Waals surface area (Å²) in [7, 11) is 0. The van der Waals surface area contributed by atoms with Crippen LogP contribution >= 0.6 is 0 Å². The van der Waals surface area contributed by atoms with E-state index >= 15 is 0 Å². The van der Waals surface area contributed by atoms with Crippen molar-refractivity contribution in [2.75, 3.05) is 13.1 Å². The van der Waals surface area contributed by atoms with E-state index in [1.54, 1.807) is 18.2 Å². The zero-order valence-corrected chi connectivity index (χ0v) is 22.9. The lowest BCUT2D eigenvalue weighted by molar-refractivity contribution is -0.139. The predicted molar refractivity (Wildman–Crippen MR) is 144 cm³/mol. The number of furan rings is 1. The average Bonchev–Trinajstić information content (AvgIpc) is 3.21. The summed E-state index contributed by atoms with van der Waals surface area (Å²) in [6.07, 6.45) is 1.36. The number of fused-ring (bicyclic) bond motifs is 1. The normalized spacial score (nSPS) is 17.5. The lowest BCUT2D eigenvalue weighted by Gasteiger charge is -2.24. The first kappa shape index (κ1) is 29.7. The molecule has 1 unspecified atom stereocenters. The maximum atomic E-state index is 13.2. The lowest BCUT2D eigenvalue weighted by Crippen LogP contribution is -2.53. The van der Waals surface area contributed by atoms with Gasteiger partial charge in [-0.2, -0.15) is 0 Å². The molecule has 11 heteroatoms. The molecular formula is C28H38N4O7. The van der Waals surface area contributed by atoms with E-state index in [1.807, 2.05) is 39.8 Å². The zero-order chi connectivity index (χ0) is 28.7. The monoisotopic (exact) mass is 542 g/mol. The third-order valence-corrected chi connectivity index (χ3v) is 6.54. The van der Waals surface area contributed by atoms with E-state index in [2.05, 4.69) is 16.0 Å². The van der Waals surface area contributed by atoms with Gasteiger partial charge < -0.3 is 30.4 Å². The Hall–Kier alpha value is -3.89. The Morgan fingerprint density at radius 1 is 1.03 bits per heavy atom. The molecule has 0 bridgehead atoms. The number of aliphatic carboxylic acids is 1. The van der Waals surface area contributed by atoms with Crippen molar-refractivity contribution in [1.82, 2.24) is 20.9 Å². The minimum atomic E-state index is -1.13. The Balaban J connectivity index is 1.63. The second-order valence-corrected chi connectivity index (χ2v) is 10.9. The summed E-state index contributed by atoms with van der Waals surface area (Å²) < 4.78 is 5.62. The minimum absolute atomic E-state index is 0.0582. The maximum Gasteiger partial charge on any atom is 0.326 e.